The van der Waals surface area contributed by atoms with Gasteiger partial charge in [-0.3, -0.25) is 4.79 Å². The molecule has 1 aromatic rings. The lowest BCUT2D eigenvalue weighted by atomic mass is 10.2. The fourth-order valence-electron chi connectivity index (χ4n) is 1.31. The van der Waals surface area contributed by atoms with Gasteiger partial charge in [-0.1, -0.05) is 6.07 Å². The van der Waals surface area contributed by atoms with Crippen LogP contribution < -0.4 is 5.32 Å². The highest BCUT2D eigenvalue weighted by molar-refractivity contribution is 7.99. The van der Waals surface area contributed by atoms with Crippen LogP contribution >= 0.6 is 11.8 Å². The molecule has 0 saturated heterocycles. The van der Waals surface area contributed by atoms with E-state index in [-0.39, 0.29) is 5.97 Å². The maximum atomic E-state index is 11.5. The first-order chi connectivity index (χ1) is 8.40. The van der Waals surface area contributed by atoms with E-state index in [0.717, 1.165) is 11.5 Å². The van der Waals surface area contributed by atoms with Crippen molar-refractivity contribution >= 4 is 23.5 Å². The molecule has 0 atom stereocenters. The fourth-order valence-corrected chi connectivity index (χ4v) is 2.01. The molecule has 1 rings (SSSR count). The largest absolute Gasteiger partial charge is 0.459 e. The van der Waals surface area contributed by atoms with Crippen LogP contribution in [-0.2, 0) is 15.3 Å². The van der Waals surface area contributed by atoms with Crippen LogP contribution in [0, 0.1) is 0 Å². The zero-order valence-electron chi connectivity index (χ0n) is 11.3. The van der Waals surface area contributed by atoms with Gasteiger partial charge in [0, 0.05) is 12.8 Å². The number of hydrogen-bond acceptors (Lipinski definition) is 5. The molecule has 0 unspecified atom stereocenters. The summed E-state index contributed by atoms with van der Waals surface area (Å²) in [4.78, 5) is 15.9. The Morgan fingerprint density at radius 1 is 1.44 bits per heavy atom. The average molecular weight is 268 g/mol. The quantitative estimate of drug-likeness (QED) is 0.832. The van der Waals surface area contributed by atoms with Gasteiger partial charge in [0.1, 0.15) is 11.4 Å². The zero-order valence-corrected chi connectivity index (χ0v) is 12.1. The predicted octanol–water partition coefficient (Wildman–Crippen LogP) is 2.70. The second-order valence-electron chi connectivity index (χ2n) is 4.84. The molecule has 0 aliphatic heterocycles. The Morgan fingerprint density at radius 3 is 2.78 bits per heavy atom. The van der Waals surface area contributed by atoms with Crippen LogP contribution in [-0.4, -0.2) is 29.4 Å². The van der Waals surface area contributed by atoms with Crippen LogP contribution in [0.15, 0.2) is 18.2 Å². The molecule has 0 amide bonds. The monoisotopic (exact) mass is 268 g/mol. The van der Waals surface area contributed by atoms with Gasteiger partial charge in [0.25, 0.3) is 0 Å². The molecular weight excluding hydrogens is 248 g/mol. The third-order valence-electron chi connectivity index (χ3n) is 1.95. The number of pyridine rings is 1. The van der Waals surface area contributed by atoms with Gasteiger partial charge in [-0.25, -0.2) is 4.98 Å². The van der Waals surface area contributed by atoms with E-state index >= 15 is 0 Å². The van der Waals surface area contributed by atoms with Gasteiger partial charge < -0.3 is 10.1 Å². The molecule has 0 saturated carbocycles. The summed E-state index contributed by atoms with van der Waals surface area (Å²) < 4.78 is 5.23. The van der Waals surface area contributed by atoms with Crippen molar-refractivity contribution in [2.24, 2.45) is 0 Å². The van der Waals surface area contributed by atoms with Gasteiger partial charge >= 0.3 is 5.97 Å². The summed E-state index contributed by atoms with van der Waals surface area (Å²) in [5.41, 5.74) is 0.539. The Kier molecular flexibility index (Phi) is 5.47. The highest BCUT2D eigenvalue weighted by Crippen LogP contribution is 2.14. The number of carbonyl (C=O) groups is 1. The number of anilines is 1. The van der Waals surface area contributed by atoms with Gasteiger partial charge in [-0.05, 0) is 32.9 Å². The van der Waals surface area contributed by atoms with E-state index in [1.54, 1.807) is 0 Å². The third-order valence-corrected chi connectivity index (χ3v) is 2.89. The molecule has 5 heteroatoms. The third kappa shape index (κ3) is 5.91. The standard InChI is InChI=1S/C13H20N2O2S/c1-13(2,3)17-12(16)9-18-8-10-6-5-7-11(14-4)15-10/h5-7H,8-9H2,1-4H3,(H,14,15). The summed E-state index contributed by atoms with van der Waals surface area (Å²) in [6.07, 6.45) is 0. The number of hydrogen-bond donors (Lipinski definition) is 1. The van der Waals surface area contributed by atoms with E-state index in [0.29, 0.717) is 11.5 Å². The number of rotatable bonds is 5. The lowest BCUT2D eigenvalue weighted by Gasteiger charge is -2.19. The van der Waals surface area contributed by atoms with E-state index in [9.17, 15) is 4.79 Å². The molecule has 0 radical (unpaired) electrons. The summed E-state index contributed by atoms with van der Waals surface area (Å²) in [5, 5.41) is 2.99. The van der Waals surface area contributed by atoms with Gasteiger partial charge in [0.05, 0.1) is 11.4 Å². The van der Waals surface area contributed by atoms with Crippen LogP contribution in [0.4, 0.5) is 5.82 Å². The van der Waals surface area contributed by atoms with E-state index < -0.39 is 5.60 Å². The van der Waals surface area contributed by atoms with Crippen molar-refractivity contribution in [3.8, 4) is 0 Å². The second kappa shape index (κ2) is 6.64. The van der Waals surface area contributed by atoms with Crippen LogP contribution in [0.1, 0.15) is 26.5 Å². The highest BCUT2D eigenvalue weighted by Gasteiger charge is 2.15. The maximum absolute atomic E-state index is 11.5. The molecular formula is C13H20N2O2S. The smallest absolute Gasteiger partial charge is 0.316 e. The number of thioether (sulfide) groups is 1. The topological polar surface area (TPSA) is 51.2 Å². The van der Waals surface area contributed by atoms with Crippen LogP contribution in [0.25, 0.3) is 0 Å². The molecule has 1 aromatic heterocycles. The molecule has 18 heavy (non-hydrogen) atoms. The summed E-state index contributed by atoms with van der Waals surface area (Å²) in [5.74, 6) is 1.71. The predicted molar refractivity (Wildman–Crippen MR) is 75.8 cm³/mol. The second-order valence-corrected chi connectivity index (χ2v) is 5.83. The van der Waals surface area contributed by atoms with Crippen molar-refractivity contribution in [1.29, 1.82) is 0 Å². The summed E-state index contributed by atoms with van der Waals surface area (Å²) in [6, 6.07) is 5.80. The maximum Gasteiger partial charge on any atom is 0.316 e. The van der Waals surface area contributed by atoms with Crippen LogP contribution in [0.2, 0.25) is 0 Å². The molecule has 100 valence electrons. The minimum atomic E-state index is -0.415. The van der Waals surface area contributed by atoms with Gasteiger partial charge in [-0.15, -0.1) is 11.8 Å². The lowest BCUT2D eigenvalue weighted by Crippen LogP contribution is -2.24. The van der Waals surface area contributed by atoms with Crippen molar-refractivity contribution in [2.45, 2.75) is 32.1 Å². The number of carbonyl (C=O) groups excluding carboxylic acids is 1. The van der Waals surface area contributed by atoms with Gasteiger partial charge in [-0.2, -0.15) is 0 Å². The van der Waals surface area contributed by atoms with E-state index in [1.807, 2.05) is 46.0 Å². The van der Waals surface area contributed by atoms with Crippen molar-refractivity contribution in [3.63, 3.8) is 0 Å². The lowest BCUT2D eigenvalue weighted by molar-refractivity contribution is -0.151. The van der Waals surface area contributed by atoms with Crippen molar-refractivity contribution in [1.82, 2.24) is 4.98 Å². The molecule has 0 aromatic carbocycles. The number of esters is 1. The van der Waals surface area contributed by atoms with Crippen LogP contribution in [0.5, 0.6) is 0 Å². The molecule has 1 N–H and O–H groups in total. The Balaban J connectivity index is 2.35. The molecule has 4 nitrogen and oxygen atoms in total. The van der Waals surface area contributed by atoms with E-state index in [4.69, 9.17) is 4.74 Å². The molecule has 1 heterocycles. The molecule has 0 aliphatic carbocycles. The first-order valence-electron chi connectivity index (χ1n) is 5.84. The average Bonchev–Trinajstić information content (AvgIpc) is 2.27. The molecule has 0 fully saturated rings. The Hall–Kier alpha value is -1.23. The normalized spacial score (nSPS) is 11.1. The molecule has 0 spiro atoms. The fraction of sp³-hybridized carbons (Fsp3) is 0.538. The minimum absolute atomic E-state index is 0.183. The summed E-state index contributed by atoms with van der Waals surface area (Å²) in [6.45, 7) is 5.61. The number of ether oxygens (including phenoxy) is 1. The first-order valence-corrected chi connectivity index (χ1v) is 6.99. The van der Waals surface area contributed by atoms with E-state index in [1.165, 1.54) is 11.8 Å². The number of nitrogens with one attached hydrogen (secondary N) is 1. The summed E-state index contributed by atoms with van der Waals surface area (Å²) in [7, 11) is 1.83. The molecule has 0 bridgehead atoms. The Labute approximate surface area is 113 Å². The number of nitrogens with zero attached hydrogens (tertiary/aromatic N) is 1. The molecule has 0 aliphatic rings. The van der Waals surface area contributed by atoms with Crippen LogP contribution in [0.3, 0.4) is 0 Å². The first kappa shape index (κ1) is 14.8. The van der Waals surface area contributed by atoms with Crippen molar-refractivity contribution < 1.29 is 9.53 Å². The minimum Gasteiger partial charge on any atom is -0.459 e. The zero-order chi connectivity index (χ0) is 13.6. The summed E-state index contributed by atoms with van der Waals surface area (Å²) >= 11 is 1.51. The number of aromatic nitrogens is 1. The van der Waals surface area contributed by atoms with Gasteiger partial charge in [0.15, 0.2) is 0 Å². The van der Waals surface area contributed by atoms with Crippen molar-refractivity contribution in [2.75, 3.05) is 18.1 Å². The Bertz CT molecular complexity index is 402. The van der Waals surface area contributed by atoms with Crippen molar-refractivity contribution in [3.05, 3.63) is 23.9 Å². The van der Waals surface area contributed by atoms with E-state index in [2.05, 4.69) is 10.3 Å². The van der Waals surface area contributed by atoms with Gasteiger partial charge in [0.2, 0.25) is 0 Å². The SMILES string of the molecule is CNc1cccc(CSCC(=O)OC(C)(C)C)n1. The Morgan fingerprint density at radius 2 is 2.17 bits per heavy atom. The highest BCUT2D eigenvalue weighted by atomic mass is 32.2.